The van der Waals surface area contributed by atoms with E-state index in [0.717, 1.165) is 4.90 Å². The predicted octanol–water partition coefficient (Wildman–Crippen LogP) is 1.44. The van der Waals surface area contributed by atoms with E-state index in [1.165, 1.54) is 14.0 Å². The average molecular weight is 587 g/mol. The molecule has 0 spiro atoms. The van der Waals surface area contributed by atoms with E-state index in [-0.39, 0.29) is 30.5 Å². The van der Waals surface area contributed by atoms with Gasteiger partial charge < -0.3 is 40.6 Å². The molecule has 0 bridgehead atoms. The summed E-state index contributed by atoms with van der Waals surface area (Å²) in [4.78, 5) is 71.1. The van der Waals surface area contributed by atoms with Crippen LogP contribution in [-0.4, -0.2) is 108 Å². The SMILES string of the molecule is COc1cccc2[nH]c(C(=O)N[C@@H](CC(C)C)C(=O)N[C@H](C(C)=O)C([C@@H]3CCNC3=O)N(CCN(C)C)C(=O)O)cc12. The number of Topliss-reactive ketones (excluding diaryl/α,β-unsaturated/α-hetero) is 1. The van der Waals surface area contributed by atoms with E-state index in [4.69, 9.17) is 4.74 Å². The topological polar surface area (TPSA) is 173 Å². The number of aromatic nitrogens is 1. The van der Waals surface area contributed by atoms with Crippen molar-refractivity contribution in [2.45, 2.75) is 51.7 Å². The van der Waals surface area contributed by atoms with Crippen molar-refractivity contribution in [1.29, 1.82) is 0 Å². The average Bonchev–Trinajstić information content (AvgIpc) is 3.54. The highest BCUT2D eigenvalue weighted by Gasteiger charge is 2.45. The third-order valence-electron chi connectivity index (χ3n) is 7.39. The van der Waals surface area contributed by atoms with Crippen LogP contribution in [0.3, 0.4) is 0 Å². The van der Waals surface area contributed by atoms with Crippen LogP contribution < -0.4 is 20.7 Å². The molecule has 0 aliphatic carbocycles. The second-order valence-corrected chi connectivity index (χ2v) is 11.3. The maximum atomic E-state index is 13.7. The van der Waals surface area contributed by atoms with Crippen LogP contribution in [0.4, 0.5) is 4.79 Å². The summed E-state index contributed by atoms with van der Waals surface area (Å²) in [7, 11) is 5.10. The summed E-state index contributed by atoms with van der Waals surface area (Å²) in [5, 5.41) is 19.0. The summed E-state index contributed by atoms with van der Waals surface area (Å²) in [5.74, 6) is -2.31. The number of ether oxygens (including phenoxy) is 1. The molecule has 2 heterocycles. The largest absolute Gasteiger partial charge is 0.496 e. The number of nitrogens with one attached hydrogen (secondary N) is 4. The number of aromatic amines is 1. The normalized spacial score (nSPS) is 17.0. The number of carboxylic acid groups (broad SMARTS) is 1. The van der Waals surface area contributed by atoms with Gasteiger partial charge in [-0.3, -0.25) is 19.2 Å². The molecule has 0 saturated carbocycles. The van der Waals surface area contributed by atoms with E-state index in [9.17, 15) is 29.1 Å². The van der Waals surface area contributed by atoms with Crippen molar-refractivity contribution in [3.05, 3.63) is 30.0 Å². The number of fused-ring (bicyclic) bond motifs is 1. The molecular weight excluding hydrogens is 544 g/mol. The van der Waals surface area contributed by atoms with Crippen molar-refractivity contribution < 1.29 is 33.8 Å². The van der Waals surface area contributed by atoms with E-state index in [1.54, 1.807) is 43.3 Å². The maximum absolute atomic E-state index is 13.7. The molecule has 1 aliphatic heterocycles. The third kappa shape index (κ3) is 7.78. The molecule has 1 aliphatic rings. The zero-order valence-electron chi connectivity index (χ0n) is 25.0. The Labute approximate surface area is 245 Å². The van der Waals surface area contributed by atoms with Gasteiger partial charge in [0.25, 0.3) is 5.91 Å². The summed E-state index contributed by atoms with van der Waals surface area (Å²) >= 11 is 0. The van der Waals surface area contributed by atoms with Crippen LogP contribution in [0.2, 0.25) is 0 Å². The minimum Gasteiger partial charge on any atom is -0.496 e. The van der Waals surface area contributed by atoms with Gasteiger partial charge in [-0.25, -0.2) is 4.79 Å². The summed E-state index contributed by atoms with van der Waals surface area (Å²) in [6.07, 6.45) is -0.738. The number of carbonyl (C=O) groups is 5. The molecule has 42 heavy (non-hydrogen) atoms. The van der Waals surface area contributed by atoms with Gasteiger partial charge in [0.1, 0.15) is 23.5 Å². The van der Waals surface area contributed by atoms with Crippen LogP contribution in [0.15, 0.2) is 24.3 Å². The molecule has 1 saturated heterocycles. The highest BCUT2D eigenvalue weighted by Crippen LogP contribution is 2.27. The summed E-state index contributed by atoms with van der Waals surface area (Å²) < 4.78 is 5.37. The number of nitrogens with zero attached hydrogens (tertiary/aromatic N) is 2. The third-order valence-corrected chi connectivity index (χ3v) is 7.39. The highest BCUT2D eigenvalue weighted by atomic mass is 16.5. The first-order valence-corrected chi connectivity index (χ1v) is 14.0. The molecule has 1 unspecified atom stereocenters. The molecule has 230 valence electrons. The minimum absolute atomic E-state index is 0.00773. The van der Waals surface area contributed by atoms with Gasteiger partial charge >= 0.3 is 6.09 Å². The molecule has 5 N–H and O–H groups in total. The molecule has 3 rings (SSSR count). The van der Waals surface area contributed by atoms with Gasteiger partial charge in [0.05, 0.1) is 19.1 Å². The maximum Gasteiger partial charge on any atom is 0.407 e. The minimum atomic E-state index is -1.31. The van der Waals surface area contributed by atoms with E-state index >= 15 is 0 Å². The quantitative estimate of drug-likeness (QED) is 0.221. The van der Waals surface area contributed by atoms with Gasteiger partial charge in [-0.15, -0.1) is 0 Å². The number of benzene rings is 1. The van der Waals surface area contributed by atoms with E-state index < -0.39 is 47.7 Å². The van der Waals surface area contributed by atoms with Gasteiger partial charge in [0.15, 0.2) is 5.78 Å². The number of hydrogen-bond acceptors (Lipinski definition) is 7. The van der Waals surface area contributed by atoms with E-state index in [0.29, 0.717) is 36.2 Å². The van der Waals surface area contributed by atoms with Crippen LogP contribution in [0.1, 0.15) is 44.1 Å². The monoisotopic (exact) mass is 586 g/mol. The first-order chi connectivity index (χ1) is 19.8. The zero-order chi connectivity index (χ0) is 31.1. The lowest BCUT2D eigenvalue weighted by Crippen LogP contribution is -2.63. The first-order valence-electron chi connectivity index (χ1n) is 14.0. The van der Waals surface area contributed by atoms with Crippen LogP contribution in [0.5, 0.6) is 5.75 Å². The number of H-pyrrole nitrogens is 1. The molecule has 0 radical (unpaired) electrons. The summed E-state index contributed by atoms with van der Waals surface area (Å²) in [5.41, 5.74) is 0.908. The standard InChI is InChI=1S/C29H42N6O7/c1-16(2)14-21(32-27(38)22-15-19-20(31-22)8-7-9-23(19)42-6)28(39)33-24(17(3)36)25(18-10-11-30-26(18)37)35(29(40)41)13-12-34(4)5/h7-9,15-16,18,21,24-25,31H,10-14H2,1-6H3,(H,30,37)(H,32,38)(H,33,39)(H,40,41)/t18-,21-,24+,25?/m0/s1. The Morgan fingerprint density at radius 2 is 1.86 bits per heavy atom. The van der Waals surface area contributed by atoms with Gasteiger partial charge in [0, 0.05) is 30.5 Å². The van der Waals surface area contributed by atoms with Crippen molar-refractivity contribution in [3.63, 3.8) is 0 Å². The molecule has 4 amide bonds. The first kappa shape index (κ1) is 32.4. The van der Waals surface area contributed by atoms with Gasteiger partial charge in [-0.2, -0.15) is 0 Å². The predicted molar refractivity (Wildman–Crippen MR) is 156 cm³/mol. The van der Waals surface area contributed by atoms with Crippen molar-refractivity contribution >= 4 is 40.5 Å². The zero-order valence-corrected chi connectivity index (χ0v) is 25.0. The van der Waals surface area contributed by atoms with Gasteiger partial charge in [-0.05, 0) is 58.0 Å². The molecule has 1 aromatic heterocycles. The number of ketones is 1. The molecule has 1 fully saturated rings. The fourth-order valence-electron chi connectivity index (χ4n) is 5.30. The van der Waals surface area contributed by atoms with Gasteiger partial charge in [0.2, 0.25) is 11.8 Å². The van der Waals surface area contributed by atoms with Crippen LogP contribution >= 0.6 is 0 Å². The lowest BCUT2D eigenvalue weighted by molar-refractivity contribution is -0.132. The molecule has 13 heteroatoms. The fraction of sp³-hybridized carbons (Fsp3) is 0.552. The van der Waals surface area contributed by atoms with Crippen LogP contribution in [0.25, 0.3) is 10.9 Å². The molecule has 4 atom stereocenters. The highest BCUT2D eigenvalue weighted by molar-refractivity contribution is 6.02. The van der Waals surface area contributed by atoms with E-state index in [2.05, 4.69) is 20.9 Å². The smallest absolute Gasteiger partial charge is 0.407 e. The van der Waals surface area contributed by atoms with Crippen molar-refractivity contribution in [2.24, 2.45) is 11.8 Å². The van der Waals surface area contributed by atoms with Crippen molar-refractivity contribution in [1.82, 2.24) is 30.7 Å². The fourth-order valence-corrected chi connectivity index (χ4v) is 5.30. The molecule has 2 aromatic rings. The summed E-state index contributed by atoms with van der Waals surface area (Å²) in [6, 6.07) is 3.51. The Morgan fingerprint density at radius 3 is 2.40 bits per heavy atom. The second-order valence-electron chi connectivity index (χ2n) is 11.3. The van der Waals surface area contributed by atoms with E-state index in [1.807, 2.05) is 13.8 Å². The number of methoxy groups -OCH3 is 1. The Morgan fingerprint density at radius 1 is 1.14 bits per heavy atom. The Kier molecular flexibility index (Phi) is 10.9. The number of amides is 4. The Balaban J connectivity index is 1.91. The number of carbonyl (C=O) groups excluding carboxylic acids is 4. The van der Waals surface area contributed by atoms with Crippen LogP contribution in [0, 0.1) is 11.8 Å². The summed E-state index contributed by atoms with van der Waals surface area (Å²) in [6.45, 7) is 5.73. The number of likely N-dealkylation sites (N-methyl/N-ethyl adjacent to an activating group) is 1. The van der Waals surface area contributed by atoms with Crippen molar-refractivity contribution in [2.75, 3.05) is 40.8 Å². The van der Waals surface area contributed by atoms with Gasteiger partial charge in [-0.1, -0.05) is 19.9 Å². The molecular formula is C29H42N6O7. The number of hydrogen-bond donors (Lipinski definition) is 5. The molecule has 13 nitrogen and oxygen atoms in total. The second kappa shape index (κ2) is 14.2. The lowest BCUT2D eigenvalue weighted by Gasteiger charge is -2.38. The number of rotatable bonds is 14. The lowest BCUT2D eigenvalue weighted by atomic mass is 9.88. The Bertz CT molecular complexity index is 1310. The molecule has 1 aromatic carbocycles. The Hall–Kier alpha value is -4.13. The van der Waals surface area contributed by atoms with Crippen molar-refractivity contribution in [3.8, 4) is 5.75 Å². The van der Waals surface area contributed by atoms with Crippen LogP contribution in [-0.2, 0) is 14.4 Å².